The largest absolute Gasteiger partial charge is 0.497 e. The number of hydrogen-bond acceptors (Lipinski definition) is 6. The number of rotatable bonds is 8. The molecule has 0 aliphatic rings. The van der Waals surface area contributed by atoms with E-state index in [9.17, 15) is 0 Å². The average Bonchev–Trinajstić information content (AvgIpc) is 3.40. The Hall–Kier alpha value is -2.64. The van der Waals surface area contributed by atoms with Crippen molar-refractivity contribution in [2.75, 3.05) is 7.11 Å². The van der Waals surface area contributed by atoms with E-state index >= 15 is 0 Å². The van der Waals surface area contributed by atoms with E-state index in [0.29, 0.717) is 0 Å². The van der Waals surface area contributed by atoms with Crippen LogP contribution in [-0.2, 0) is 12.2 Å². The lowest BCUT2D eigenvalue weighted by atomic mass is 10.2. The van der Waals surface area contributed by atoms with E-state index in [1.807, 2.05) is 30.3 Å². The summed E-state index contributed by atoms with van der Waals surface area (Å²) < 4.78 is 7.45. The van der Waals surface area contributed by atoms with Gasteiger partial charge in [0.05, 0.1) is 17.8 Å². The van der Waals surface area contributed by atoms with E-state index in [4.69, 9.17) is 9.72 Å². The number of methoxy groups -OCH3 is 1. The fourth-order valence-electron chi connectivity index (χ4n) is 3.18. The number of benzene rings is 2. The van der Waals surface area contributed by atoms with Crippen LogP contribution in [0.2, 0.25) is 0 Å². The van der Waals surface area contributed by atoms with Crippen LogP contribution in [0.1, 0.15) is 36.2 Å². The Balaban J connectivity index is 1.48. The van der Waals surface area contributed by atoms with Gasteiger partial charge in [0.2, 0.25) is 0 Å². The van der Waals surface area contributed by atoms with Gasteiger partial charge in [0.15, 0.2) is 11.0 Å². The number of hydrogen-bond donors (Lipinski definition) is 0. The van der Waals surface area contributed by atoms with Gasteiger partial charge in [0.25, 0.3) is 0 Å². The first-order valence-electron chi connectivity index (χ1n) is 9.83. The van der Waals surface area contributed by atoms with Crippen LogP contribution in [-0.4, -0.2) is 26.9 Å². The third kappa shape index (κ3) is 4.74. The standard InChI is InChI=1S/C23H24N4OS2/c1-16(2)27-22(18-9-11-20(28-3)12-10-18)25-26-23(27)30-15-19-14-29-21(24-19)13-17-7-5-4-6-8-17/h4-12,14,16H,13,15H2,1-3H3. The van der Waals surface area contributed by atoms with Crippen LogP contribution < -0.4 is 4.74 Å². The number of nitrogens with zero attached hydrogens (tertiary/aromatic N) is 4. The SMILES string of the molecule is COc1ccc(-c2nnc(SCc3csc(Cc4ccccc4)n3)n2C(C)C)cc1. The zero-order chi connectivity index (χ0) is 20.9. The average molecular weight is 437 g/mol. The van der Waals surface area contributed by atoms with Crippen LogP contribution in [0.4, 0.5) is 0 Å². The molecule has 0 amide bonds. The second-order valence-electron chi connectivity index (χ2n) is 7.18. The molecule has 0 radical (unpaired) electrons. The molecule has 0 atom stereocenters. The summed E-state index contributed by atoms with van der Waals surface area (Å²) in [7, 11) is 1.67. The first-order valence-corrected chi connectivity index (χ1v) is 11.7. The number of thiazole rings is 1. The van der Waals surface area contributed by atoms with Crippen molar-refractivity contribution in [2.45, 2.75) is 37.2 Å². The van der Waals surface area contributed by atoms with Crippen molar-refractivity contribution >= 4 is 23.1 Å². The zero-order valence-electron chi connectivity index (χ0n) is 17.3. The van der Waals surface area contributed by atoms with Crippen molar-refractivity contribution in [3.63, 3.8) is 0 Å². The number of thioether (sulfide) groups is 1. The Morgan fingerprint density at radius 3 is 2.50 bits per heavy atom. The fraction of sp³-hybridized carbons (Fsp3) is 0.261. The monoisotopic (exact) mass is 436 g/mol. The van der Waals surface area contributed by atoms with Gasteiger partial charge in [0, 0.05) is 29.2 Å². The normalized spacial score (nSPS) is 11.2. The number of aromatic nitrogens is 4. The molecule has 0 fully saturated rings. The molecule has 0 saturated carbocycles. The Labute approximate surface area is 185 Å². The highest BCUT2D eigenvalue weighted by molar-refractivity contribution is 7.98. The van der Waals surface area contributed by atoms with Crippen molar-refractivity contribution in [2.24, 2.45) is 0 Å². The lowest BCUT2D eigenvalue weighted by Gasteiger charge is -2.13. The van der Waals surface area contributed by atoms with Gasteiger partial charge in [-0.25, -0.2) is 4.98 Å². The Kier molecular flexibility index (Phi) is 6.50. The van der Waals surface area contributed by atoms with Crippen molar-refractivity contribution in [1.82, 2.24) is 19.7 Å². The molecule has 0 aliphatic carbocycles. The van der Waals surface area contributed by atoms with Gasteiger partial charge in [-0.05, 0) is 43.7 Å². The van der Waals surface area contributed by atoms with E-state index in [0.717, 1.165) is 45.2 Å². The fourth-order valence-corrected chi connectivity index (χ4v) is 5.08. The van der Waals surface area contributed by atoms with Crippen LogP contribution >= 0.6 is 23.1 Å². The summed E-state index contributed by atoms with van der Waals surface area (Å²) in [6.45, 7) is 4.31. The quantitative estimate of drug-likeness (QED) is 0.323. The molecular weight excluding hydrogens is 412 g/mol. The zero-order valence-corrected chi connectivity index (χ0v) is 18.9. The molecule has 2 heterocycles. The molecule has 30 heavy (non-hydrogen) atoms. The maximum Gasteiger partial charge on any atom is 0.192 e. The molecule has 7 heteroatoms. The number of ether oxygens (including phenoxy) is 1. The van der Waals surface area contributed by atoms with Crippen molar-refractivity contribution in [3.05, 3.63) is 76.2 Å². The maximum atomic E-state index is 5.26. The molecule has 4 rings (SSSR count). The third-order valence-corrected chi connectivity index (χ3v) is 6.55. The molecule has 0 saturated heterocycles. The van der Waals surface area contributed by atoms with Gasteiger partial charge >= 0.3 is 0 Å². The molecule has 5 nitrogen and oxygen atoms in total. The first kappa shape index (κ1) is 20.6. The van der Waals surface area contributed by atoms with Crippen molar-refractivity contribution < 1.29 is 4.74 Å². The van der Waals surface area contributed by atoms with Crippen molar-refractivity contribution in [1.29, 1.82) is 0 Å². The van der Waals surface area contributed by atoms with E-state index in [1.54, 1.807) is 30.2 Å². The Bertz CT molecular complexity index is 1090. The Morgan fingerprint density at radius 1 is 1.03 bits per heavy atom. The van der Waals surface area contributed by atoms with Crippen LogP contribution in [0.15, 0.2) is 65.1 Å². The summed E-state index contributed by atoms with van der Waals surface area (Å²) in [6.07, 6.45) is 0.875. The molecule has 4 aromatic rings. The summed E-state index contributed by atoms with van der Waals surface area (Å²) in [5, 5.41) is 13.1. The highest BCUT2D eigenvalue weighted by atomic mass is 32.2. The van der Waals surface area contributed by atoms with Gasteiger partial charge in [-0.2, -0.15) is 0 Å². The summed E-state index contributed by atoms with van der Waals surface area (Å²) >= 11 is 3.40. The molecule has 154 valence electrons. The van der Waals surface area contributed by atoms with Crippen LogP contribution in [0, 0.1) is 0 Å². The minimum Gasteiger partial charge on any atom is -0.497 e. The molecule has 0 spiro atoms. The summed E-state index contributed by atoms with van der Waals surface area (Å²) in [5.74, 6) is 2.48. The first-order chi connectivity index (χ1) is 14.6. The summed E-state index contributed by atoms with van der Waals surface area (Å²) in [4.78, 5) is 4.81. The molecule has 2 aromatic carbocycles. The van der Waals surface area contributed by atoms with E-state index < -0.39 is 0 Å². The van der Waals surface area contributed by atoms with Gasteiger partial charge in [-0.15, -0.1) is 21.5 Å². The van der Waals surface area contributed by atoms with Crippen LogP contribution in [0.3, 0.4) is 0 Å². The third-order valence-electron chi connectivity index (χ3n) is 4.68. The van der Waals surface area contributed by atoms with E-state index in [2.05, 4.69) is 58.3 Å². The smallest absolute Gasteiger partial charge is 0.192 e. The predicted molar refractivity (Wildman–Crippen MR) is 123 cm³/mol. The van der Waals surface area contributed by atoms with Gasteiger partial charge in [-0.1, -0.05) is 42.1 Å². The lowest BCUT2D eigenvalue weighted by molar-refractivity contribution is 0.415. The van der Waals surface area contributed by atoms with Crippen LogP contribution in [0.5, 0.6) is 5.75 Å². The topological polar surface area (TPSA) is 52.8 Å². The molecular formula is C23H24N4OS2. The highest BCUT2D eigenvalue weighted by Crippen LogP contribution is 2.30. The maximum absolute atomic E-state index is 5.26. The highest BCUT2D eigenvalue weighted by Gasteiger charge is 2.17. The minimum atomic E-state index is 0.253. The predicted octanol–water partition coefficient (Wildman–Crippen LogP) is 5.87. The summed E-state index contributed by atoms with van der Waals surface area (Å²) in [5.41, 5.74) is 3.40. The minimum absolute atomic E-state index is 0.253. The molecule has 0 N–H and O–H groups in total. The van der Waals surface area contributed by atoms with Gasteiger partial charge in [0.1, 0.15) is 5.75 Å². The summed E-state index contributed by atoms with van der Waals surface area (Å²) in [6, 6.07) is 18.7. The lowest BCUT2D eigenvalue weighted by Crippen LogP contribution is -2.05. The molecule has 0 bridgehead atoms. The van der Waals surface area contributed by atoms with E-state index in [-0.39, 0.29) is 6.04 Å². The van der Waals surface area contributed by atoms with Crippen LogP contribution in [0.25, 0.3) is 11.4 Å². The molecule has 0 unspecified atom stereocenters. The van der Waals surface area contributed by atoms with Gasteiger partial charge < -0.3 is 4.74 Å². The van der Waals surface area contributed by atoms with Gasteiger partial charge in [-0.3, -0.25) is 4.57 Å². The Morgan fingerprint density at radius 2 is 1.80 bits per heavy atom. The van der Waals surface area contributed by atoms with Crippen molar-refractivity contribution in [3.8, 4) is 17.1 Å². The second-order valence-corrected chi connectivity index (χ2v) is 9.07. The molecule has 2 aromatic heterocycles. The molecule has 0 aliphatic heterocycles. The second kappa shape index (κ2) is 9.45. The van der Waals surface area contributed by atoms with E-state index in [1.165, 1.54) is 5.56 Å².